The van der Waals surface area contributed by atoms with Gasteiger partial charge in [-0.25, -0.2) is 0 Å². The molecule has 8 rings (SSSR count). The summed E-state index contributed by atoms with van der Waals surface area (Å²) in [5, 5.41) is 89.6. The molecule has 0 unspecified atom stereocenters. The largest absolute Gasteiger partial charge is 3.00 e. The predicted molar refractivity (Wildman–Crippen MR) is 318 cm³/mol. The van der Waals surface area contributed by atoms with E-state index in [0.29, 0.717) is 0 Å². The minimum atomic E-state index is -1.75. The fraction of sp³-hybridized carbons (Fsp3) is 0.259. The Morgan fingerprint density at radius 1 is 0.314 bits per heavy atom. The van der Waals surface area contributed by atoms with Crippen LogP contribution in [0.5, 0.6) is 0 Å². The summed E-state index contributed by atoms with van der Waals surface area (Å²) in [5.41, 5.74) is 7.20. The minimum Gasteiger partial charge on any atom is -0.849 e. The molecule has 8 aromatic rings. The number of hydrogen-bond acceptors (Lipinski definition) is 20. The van der Waals surface area contributed by atoms with E-state index in [1.54, 1.807) is 49.7 Å². The van der Waals surface area contributed by atoms with Gasteiger partial charge in [-0.05, 0) is 97.1 Å². The van der Waals surface area contributed by atoms with Crippen molar-refractivity contribution in [1.29, 1.82) is 0 Å². The summed E-state index contributed by atoms with van der Waals surface area (Å²) in [6.07, 6.45) is 24.6. The van der Waals surface area contributed by atoms with Gasteiger partial charge in [-0.15, -0.1) is 0 Å². The zero-order chi connectivity index (χ0) is 61.7. The third-order valence-electron chi connectivity index (χ3n) is 9.29. The second kappa shape index (κ2) is 53.8. The smallest absolute Gasteiger partial charge is 0.849 e. The number of aliphatic imine (C=N–C) groups is 8. The van der Waals surface area contributed by atoms with Gasteiger partial charge < -0.3 is 101 Å². The van der Waals surface area contributed by atoms with E-state index in [-0.39, 0.29) is 86.5 Å². The Labute approximate surface area is 515 Å². The molecule has 8 aromatic heterocycles. The molecule has 0 fully saturated rings. The second-order valence-corrected chi connectivity index (χ2v) is 15.9. The molecule has 86 heavy (non-hydrogen) atoms. The SMILES string of the molecule is CO.CO.O=[N+]([O-])[O-].O=[N+]([O-])[O-].[Mn+3].[Mn+3].[O-]C(CN=Cc1ccc[nH]1)CN=Cc1ccc[nH]1.[O-]C(CN=Cc1ccc[nH]1)CN=Cc1ccc[nH]1.[O-]C(CN=Cc1ccc[nH]1)CN=Cc1ccc[nH]1.[O-]C(CN=Cc1ccc[nH]1)CN=Cc1ccc[nH]1. The van der Waals surface area contributed by atoms with Crippen molar-refractivity contribution in [3.05, 3.63) is 223 Å². The standard InChI is InChI=1S/4C13H15N4O.2CH4O.2Mn.2NO3/c4*18-13(9-14-7-11-3-1-5-16-11)10-15-8-12-4-2-6-17-12;2*1-2;;;2*2-1(3)4/h4*1-8,13,16-17H,9-10H2;2*2H,1H3;;;;/q4*-1;;;2*+3;2*-1. The number of aliphatic hydroxyl groups is 2. The van der Waals surface area contributed by atoms with Gasteiger partial charge in [0.25, 0.3) is 0 Å². The third kappa shape index (κ3) is 45.3. The normalized spacial score (nSPS) is 12.1. The van der Waals surface area contributed by atoms with E-state index in [1.165, 1.54) is 0 Å². The van der Waals surface area contributed by atoms with E-state index >= 15 is 0 Å². The van der Waals surface area contributed by atoms with Gasteiger partial charge in [0.2, 0.25) is 0 Å². The molecule has 0 amide bonds. The molecular weight excluding hydrogens is 1200 g/mol. The van der Waals surface area contributed by atoms with Gasteiger partial charge in [0.05, 0.1) is 55.7 Å². The van der Waals surface area contributed by atoms with Crippen molar-refractivity contribution < 1.29 is 74.9 Å². The van der Waals surface area contributed by atoms with Gasteiger partial charge in [-0.2, -0.15) is 0 Å². The first-order valence-corrected chi connectivity index (χ1v) is 25.1. The van der Waals surface area contributed by atoms with Gasteiger partial charge in [0.1, 0.15) is 0 Å². The van der Waals surface area contributed by atoms with Crippen molar-refractivity contribution in [2.24, 2.45) is 39.9 Å². The number of aromatic amines is 8. The fourth-order valence-electron chi connectivity index (χ4n) is 5.78. The molecule has 0 atom stereocenters. The molecule has 0 aliphatic rings. The van der Waals surface area contributed by atoms with Crippen LogP contribution in [-0.4, -0.2) is 201 Å². The zero-order valence-electron chi connectivity index (χ0n) is 46.6. The summed E-state index contributed by atoms with van der Waals surface area (Å²) in [6.45, 7) is 1.90. The van der Waals surface area contributed by atoms with Crippen molar-refractivity contribution in [1.82, 2.24) is 39.9 Å². The summed E-state index contributed by atoms with van der Waals surface area (Å²) in [7, 11) is 2.00. The van der Waals surface area contributed by atoms with Gasteiger partial charge in [0, 0.05) is 166 Å². The van der Waals surface area contributed by atoms with Crippen molar-refractivity contribution >= 4 is 49.7 Å². The number of aliphatic hydroxyl groups excluding tert-OH is 2. The summed E-state index contributed by atoms with van der Waals surface area (Å²) in [6, 6.07) is 30.2. The topological polar surface area (TPSA) is 490 Å². The van der Waals surface area contributed by atoms with Gasteiger partial charge in [-0.1, -0.05) is 24.4 Å². The molecule has 0 saturated heterocycles. The summed E-state index contributed by atoms with van der Waals surface area (Å²) in [5.74, 6) is 0. The van der Waals surface area contributed by atoms with E-state index in [1.807, 2.05) is 147 Å². The van der Waals surface area contributed by atoms with Crippen LogP contribution in [0.3, 0.4) is 0 Å². The Morgan fingerprint density at radius 3 is 0.500 bits per heavy atom. The molecule has 30 nitrogen and oxygen atoms in total. The van der Waals surface area contributed by atoms with Crippen LogP contribution >= 0.6 is 0 Å². The molecule has 0 aromatic carbocycles. The van der Waals surface area contributed by atoms with Crippen LogP contribution in [0.2, 0.25) is 0 Å². The van der Waals surface area contributed by atoms with E-state index < -0.39 is 34.6 Å². The minimum absolute atomic E-state index is 0. The number of aromatic nitrogens is 8. The zero-order valence-corrected chi connectivity index (χ0v) is 49.0. The maximum absolute atomic E-state index is 11.5. The van der Waals surface area contributed by atoms with Crippen LogP contribution in [0.25, 0.3) is 0 Å². The van der Waals surface area contributed by atoms with E-state index in [9.17, 15) is 20.4 Å². The average Bonchev–Trinajstić information content (AvgIpc) is 4.31. The van der Waals surface area contributed by atoms with Crippen LogP contribution < -0.4 is 20.4 Å². The molecule has 0 saturated carbocycles. The van der Waals surface area contributed by atoms with Crippen LogP contribution in [0, 0.1) is 30.6 Å². The molecule has 32 heteroatoms. The Balaban J connectivity index is 0. The first-order chi connectivity index (χ1) is 40.8. The van der Waals surface area contributed by atoms with Gasteiger partial charge >= 0.3 is 34.1 Å². The third-order valence-corrected chi connectivity index (χ3v) is 9.29. The van der Waals surface area contributed by atoms with E-state index in [4.69, 9.17) is 40.9 Å². The van der Waals surface area contributed by atoms with Crippen LogP contribution in [-0.2, 0) is 34.1 Å². The molecular formula is C54H68Mn2N18O12. The second-order valence-electron chi connectivity index (χ2n) is 15.9. The van der Waals surface area contributed by atoms with Crippen molar-refractivity contribution in [3.63, 3.8) is 0 Å². The molecule has 0 aliphatic carbocycles. The van der Waals surface area contributed by atoms with Gasteiger partial charge in [-0.3, -0.25) is 39.9 Å². The van der Waals surface area contributed by atoms with Crippen LogP contribution in [0.4, 0.5) is 0 Å². The number of H-pyrrole nitrogens is 8. The van der Waals surface area contributed by atoms with Crippen molar-refractivity contribution in [3.8, 4) is 0 Å². The average molecular weight is 1270 g/mol. The maximum atomic E-state index is 11.5. The van der Waals surface area contributed by atoms with E-state index in [0.717, 1.165) is 59.8 Å². The Bertz CT molecular complexity index is 2370. The maximum Gasteiger partial charge on any atom is 3.00 e. The molecule has 10 N–H and O–H groups in total. The Morgan fingerprint density at radius 2 is 0.419 bits per heavy atom. The monoisotopic (exact) mass is 1270 g/mol. The fourth-order valence-corrected chi connectivity index (χ4v) is 5.78. The van der Waals surface area contributed by atoms with E-state index in [2.05, 4.69) is 79.8 Å². The number of hydrogen-bond donors (Lipinski definition) is 10. The molecule has 0 aliphatic heterocycles. The summed E-state index contributed by atoms with van der Waals surface area (Å²) < 4.78 is 0. The first kappa shape index (κ1) is 78.9. The summed E-state index contributed by atoms with van der Waals surface area (Å²) >= 11 is 0. The van der Waals surface area contributed by atoms with Crippen LogP contribution in [0.1, 0.15) is 45.6 Å². The number of rotatable bonds is 24. The summed E-state index contributed by atoms with van der Waals surface area (Å²) in [4.78, 5) is 73.0. The Hall–Kier alpha value is -9.20. The molecule has 0 spiro atoms. The van der Waals surface area contributed by atoms with Crippen LogP contribution in [0.15, 0.2) is 187 Å². The van der Waals surface area contributed by atoms with Gasteiger partial charge in [0.15, 0.2) is 0 Å². The number of nitrogens with zero attached hydrogens (tertiary/aromatic N) is 10. The van der Waals surface area contributed by atoms with Crippen molar-refractivity contribution in [2.75, 3.05) is 66.6 Å². The molecule has 8 heterocycles. The number of nitrogens with one attached hydrogen (secondary N) is 8. The predicted octanol–water partition coefficient (Wildman–Crippen LogP) is 1.17. The molecule has 0 bridgehead atoms. The quantitative estimate of drug-likeness (QED) is 0.0177. The molecule has 0 radical (unpaired) electrons. The molecule has 460 valence electrons. The Kier molecular flexibility index (Phi) is 49.3. The first-order valence-electron chi connectivity index (χ1n) is 25.1. The van der Waals surface area contributed by atoms with Crippen molar-refractivity contribution in [2.45, 2.75) is 24.4 Å².